The summed E-state index contributed by atoms with van der Waals surface area (Å²) in [5.74, 6) is -0.231. The second-order valence-corrected chi connectivity index (χ2v) is 7.34. The van der Waals surface area contributed by atoms with E-state index in [4.69, 9.17) is 4.74 Å². The molecular formula is C24H27N3O4. The Morgan fingerprint density at radius 2 is 1.84 bits per heavy atom. The van der Waals surface area contributed by atoms with E-state index >= 15 is 0 Å². The molecule has 0 saturated carbocycles. The Bertz CT molecular complexity index is 998. The molecule has 0 unspecified atom stereocenters. The van der Waals surface area contributed by atoms with Crippen LogP contribution in [0.2, 0.25) is 0 Å². The summed E-state index contributed by atoms with van der Waals surface area (Å²) in [6.45, 7) is 5.67. The second-order valence-electron chi connectivity index (χ2n) is 7.34. The molecule has 3 rings (SSSR count). The molecule has 1 saturated heterocycles. The van der Waals surface area contributed by atoms with Gasteiger partial charge in [0, 0.05) is 5.69 Å². The van der Waals surface area contributed by atoms with Crippen LogP contribution in [0.4, 0.5) is 10.5 Å². The topological polar surface area (TPSA) is 87.7 Å². The molecule has 0 aromatic heterocycles. The van der Waals surface area contributed by atoms with Crippen LogP contribution in [-0.4, -0.2) is 35.4 Å². The Labute approximate surface area is 182 Å². The monoisotopic (exact) mass is 421 g/mol. The zero-order valence-electron chi connectivity index (χ0n) is 18.0. The average Bonchev–Trinajstić information content (AvgIpc) is 3.02. The molecule has 0 bridgehead atoms. The van der Waals surface area contributed by atoms with Crippen LogP contribution in [0.15, 0.2) is 54.2 Å². The molecule has 1 aliphatic rings. The standard InChI is InChI=1S/C24H27N3O4/c1-4-16(3)31-19-12-10-17(11-13-19)14-21-23(29)27(24(30)26-21)15-22(28)25-20-9-7-6-8-18(20)5-2/h6-14,16H,4-5,15H2,1-3H3,(H,25,28)(H,26,30)/b21-14+/t16-/m0/s1. The van der Waals surface area contributed by atoms with Crippen molar-refractivity contribution in [3.63, 3.8) is 0 Å². The molecule has 0 radical (unpaired) electrons. The Hall–Kier alpha value is -3.61. The number of aryl methyl sites for hydroxylation is 1. The first kappa shape index (κ1) is 22.1. The molecule has 2 aromatic carbocycles. The van der Waals surface area contributed by atoms with E-state index in [0.717, 1.165) is 34.6 Å². The molecule has 7 heteroatoms. The minimum atomic E-state index is -0.619. The minimum absolute atomic E-state index is 0.115. The first-order valence-corrected chi connectivity index (χ1v) is 10.4. The van der Waals surface area contributed by atoms with Crippen LogP contribution < -0.4 is 15.4 Å². The van der Waals surface area contributed by atoms with Gasteiger partial charge in [-0.1, -0.05) is 44.2 Å². The van der Waals surface area contributed by atoms with Gasteiger partial charge in [0.2, 0.25) is 5.91 Å². The number of ether oxygens (including phenoxy) is 1. The first-order chi connectivity index (χ1) is 14.9. The van der Waals surface area contributed by atoms with Crippen molar-refractivity contribution in [1.82, 2.24) is 10.2 Å². The number of hydrogen-bond acceptors (Lipinski definition) is 4. The molecule has 2 N–H and O–H groups in total. The van der Waals surface area contributed by atoms with Crippen molar-refractivity contribution in [2.24, 2.45) is 0 Å². The number of amides is 4. The molecule has 7 nitrogen and oxygen atoms in total. The fourth-order valence-corrected chi connectivity index (χ4v) is 3.12. The van der Waals surface area contributed by atoms with Crippen molar-refractivity contribution in [1.29, 1.82) is 0 Å². The first-order valence-electron chi connectivity index (χ1n) is 10.4. The fourth-order valence-electron chi connectivity index (χ4n) is 3.12. The number of imide groups is 1. The maximum Gasteiger partial charge on any atom is 0.329 e. The molecule has 1 aliphatic heterocycles. The molecule has 4 amide bonds. The summed E-state index contributed by atoms with van der Waals surface area (Å²) in [5, 5.41) is 5.31. The molecule has 0 aliphatic carbocycles. The third-order valence-electron chi connectivity index (χ3n) is 5.04. The van der Waals surface area contributed by atoms with Gasteiger partial charge in [0.25, 0.3) is 5.91 Å². The minimum Gasteiger partial charge on any atom is -0.491 e. The molecule has 1 heterocycles. The number of nitrogens with zero attached hydrogens (tertiary/aromatic N) is 1. The number of benzene rings is 2. The third-order valence-corrected chi connectivity index (χ3v) is 5.04. The summed E-state index contributed by atoms with van der Waals surface area (Å²) in [7, 11) is 0. The van der Waals surface area contributed by atoms with Gasteiger partial charge in [0.15, 0.2) is 0 Å². The van der Waals surface area contributed by atoms with Gasteiger partial charge in [0.05, 0.1) is 6.10 Å². The molecule has 31 heavy (non-hydrogen) atoms. The normalized spacial score (nSPS) is 15.7. The zero-order chi connectivity index (χ0) is 22.4. The van der Waals surface area contributed by atoms with Crippen molar-refractivity contribution in [2.45, 2.75) is 39.7 Å². The van der Waals surface area contributed by atoms with Crippen molar-refractivity contribution in [3.05, 3.63) is 65.4 Å². The Morgan fingerprint density at radius 1 is 1.13 bits per heavy atom. The molecule has 1 fully saturated rings. The van der Waals surface area contributed by atoms with Crippen LogP contribution in [0.1, 0.15) is 38.3 Å². The number of rotatable bonds is 8. The van der Waals surface area contributed by atoms with E-state index in [2.05, 4.69) is 10.6 Å². The molecule has 0 spiro atoms. The predicted octanol–water partition coefficient (Wildman–Crippen LogP) is 3.96. The lowest BCUT2D eigenvalue weighted by molar-refractivity contribution is -0.127. The van der Waals surface area contributed by atoms with Crippen LogP contribution in [0.25, 0.3) is 6.08 Å². The number of anilines is 1. The van der Waals surface area contributed by atoms with E-state index in [-0.39, 0.29) is 18.3 Å². The Balaban J connectivity index is 1.65. The molecular weight excluding hydrogens is 394 g/mol. The second kappa shape index (κ2) is 9.93. The van der Waals surface area contributed by atoms with Gasteiger partial charge in [0.1, 0.15) is 18.0 Å². The maximum atomic E-state index is 12.7. The van der Waals surface area contributed by atoms with E-state index in [0.29, 0.717) is 5.69 Å². The highest BCUT2D eigenvalue weighted by atomic mass is 16.5. The van der Waals surface area contributed by atoms with Gasteiger partial charge in [-0.2, -0.15) is 0 Å². The molecule has 2 aromatic rings. The summed E-state index contributed by atoms with van der Waals surface area (Å²) in [6.07, 6.45) is 3.36. The third kappa shape index (κ3) is 5.51. The van der Waals surface area contributed by atoms with E-state index in [1.165, 1.54) is 0 Å². The zero-order valence-corrected chi connectivity index (χ0v) is 18.0. The smallest absolute Gasteiger partial charge is 0.329 e. The predicted molar refractivity (Wildman–Crippen MR) is 119 cm³/mol. The average molecular weight is 421 g/mol. The number of carbonyl (C=O) groups excluding carboxylic acids is 3. The summed E-state index contributed by atoms with van der Waals surface area (Å²) in [6, 6.07) is 14.1. The number of carbonyl (C=O) groups is 3. The van der Waals surface area contributed by atoms with Gasteiger partial charge in [-0.15, -0.1) is 0 Å². The number of nitrogens with one attached hydrogen (secondary N) is 2. The highest BCUT2D eigenvalue weighted by Gasteiger charge is 2.34. The number of urea groups is 1. The highest BCUT2D eigenvalue weighted by Crippen LogP contribution is 2.19. The lowest BCUT2D eigenvalue weighted by atomic mass is 10.1. The van der Waals surface area contributed by atoms with Crippen molar-refractivity contribution < 1.29 is 19.1 Å². The summed E-state index contributed by atoms with van der Waals surface area (Å²) < 4.78 is 5.74. The highest BCUT2D eigenvalue weighted by molar-refractivity contribution is 6.16. The molecule has 162 valence electrons. The van der Waals surface area contributed by atoms with Crippen LogP contribution >= 0.6 is 0 Å². The van der Waals surface area contributed by atoms with Gasteiger partial charge < -0.3 is 15.4 Å². The van der Waals surface area contributed by atoms with E-state index < -0.39 is 17.8 Å². The van der Waals surface area contributed by atoms with Crippen LogP contribution in [0.5, 0.6) is 5.75 Å². The fraction of sp³-hybridized carbons (Fsp3) is 0.292. The summed E-state index contributed by atoms with van der Waals surface area (Å²) in [4.78, 5) is 38.2. The lowest BCUT2D eigenvalue weighted by Crippen LogP contribution is -2.38. The number of hydrogen-bond donors (Lipinski definition) is 2. The largest absolute Gasteiger partial charge is 0.491 e. The van der Waals surface area contributed by atoms with Gasteiger partial charge in [-0.3, -0.25) is 9.59 Å². The quantitative estimate of drug-likeness (QED) is 0.499. The van der Waals surface area contributed by atoms with Gasteiger partial charge in [-0.05, 0) is 55.2 Å². The van der Waals surface area contributed by atoms with Crippen LogP contribution in [0.3, 0.4) is 0 Å². The lowest BCUT2D eigenvalue weighted by Gasteiger charge is -2.13. The number of para-hydroxylation sites is 1. The Morgan fingerprint density at radius 3 is 2.52 bits per heavy atom. The van der Waals surface area contributed by atoms with Gasteiger partial charge >= 0.3 is 6.03 Å². The van der Waals surface area contributed by atoms with E-state index in [1.54, 1.807) is 24.3 Å². The van der Waals surface area contributed by atoms with Crippen molar-refractivity contribution >= 4 is 29.6 Å². The SMILES string of the molecule is CCc1ccccc1NC(=O)CN1C(=O)N/C(=C/c2ccc(O[C@@H](C)CC)cc2)C1=O. The van der Waals surface area contributed by atoms with Crippen molar-refractivity contribution in [2.75, 3.05) is 11.9 Å². The van der Waals surface area contributed by atoms with Crippen LogP contribution in [0, 0.1) is 0 Å². The van der Waals surface area contributed by atoms with E-state index in [9.17, 15) is 14.4 Å². The van der Waals surface area contributed by atoms with Gasteiger partial charge in [-0.25, -0.2) is 9.69 Å². The maximum absolute atomic E-state index is 12.7. The Kier molecular flexibility index (Phi) is 7.07. The summed E-state index contributed by atoms with van der Waals surface area (Å²) >= 11 is 0. The summed E-state index contributed by atoms with van der Waals surface area (Å²) in [5.41, 5.74) is 2.53. The molecule has 1 atom stereocenters. The van der Waals surface area contributed by atoms with E-state index in [1.807, 2.05) is 51.1 Å². The van der Waals surface area contributed by atoms with Crippen LogP contribution in [-0.2, 0) is 16.0 Å². The van der Waals surface area contributed by atoms with Crippen molar-refractivity contribution in [3.8, 4) is 5.75 Å².